The van der Waals surface area contributed by atoms with Crippen LogP contribution < -0.4 is 5.73 Å². The summed E-state index contributed by atoms with van der Waals surface area (Å²) < 4.78 is 13.8. The second kappa shape index (κ2) is 5.46. The highest BCUT2D eigenvalue weighted by molar-refractivity contribution is 9.10. The normalized spacial score (nSPS) is 25.4. The lowest BCUT2D eigenvalue weighted by Crippen LogP contribution is -2.32. The molecule has 0 unspecified atom stereocenters. The minimum absolute atomic E-state index is 0.152. The molecule has 1 aliphatic rings. The monoisotopic (exact) mass is 300 g/mol. The fourth-order valence-electron chi connectivity index (χ4n) is 2.58. The SMILES string of the molecule is CCCN1CC[C@H](N)[C@H]1c1ccc(F)c(Br)c1. The molecule has 4 heteroatoms. The van der Waals surface area contributed by atoms with Crippen molar-refractivity contribution in [2.24, 2.45) is 5.73 Å². The van der Waals surface area contributed by atoms with E-state index in [4.69, 9.17) is 5.73 Å². The summed E-state index contributed by atoms with van der Waals surface area (Å²) in [6, 6.07) is 5.59. The van der Waals surface area contributed by atoms with Crippen LogP contribution in [0.1, 0.15) is 31.4 Å². The summed E-state index contributed by atoms with van der Waals surface area (Å²) in [5.74, 6) is -0.220. The van der Waals surface area contributed by atoms with Crippen LogP contribution in [0.5, 0.6) is 0 Å². The predicted molar refractivity (Wildman–Crippen MR) is 71.3 cm³/mol. The van der Waals surface area contributed by atoms with Crippen LogP contribution in [0, 0.1) is 5.82 Å². The van der Waals surface area contributed by atoms with E-state index in [1.54, 1.807) is 0 Å². The number of hydrogen-bond acceptors (Lipinski definition) is 2. The van der Waals surface area contributed by atoms with Crippen molar-refractivity contribution in [1.82, 2.24) is 4.90 Å². The molecule has 94 valence electrons. The number of hydrogen-bond donors (Lipinski definition) is 1. The van der Waals surface area contributed by atoms with E-state index in [1.807, 2.05) is 12.1 Å². The van der Waals surface area contributed by atoms with Gasteiger partial charge >= 0.3 is 0 Å². The van der Waals surface area contributed by atoms with E-state index in [0.29, 0.717) is 4.47 Å². The van der Waals surface area contributed by atoms with Crippen molar-refractivity contribution < 1.29 is 4.39 Å². The summed E-state index contributed by atoms with van der Waals surface area (Å²) >= 11 is 3.24. The van der Waals surface area contributed by atoms with E-state index in [-0.39, 0.29) is 17.9 Å². The number of benzene rings is 1. The van der Waals surface area contributed by atoms with Gasteiger partial charge in [-0.3, -0.25) is 4.90 Å². The van der Waals surface area contributed by atoms with Gasteiger partial charge in [0, 0.05) is 18.6 Å². The molecule has 0 spiro atoms. The minimum Gasteiger partial charge on any atom is -0.326 e. The van der Waals surface area contributed by atoms with Gasteiger partial charge in [-0.2, -0.15) is 0 Å². The Kier molecular flexibility index (Phi) is 4.17. The van der Waals surface area contributed by atoms with E-state index in [0.717, 1.165) is 31.5 Å². The van der Waals surface area contributed by atoms with Crippen LogP contribution in [0.4, 0.5) is 4.39 Å². The van der Waals surface area contributed by atoms with Crippen LogP contribution in [-0.2, 0) is 0 Å². The van der Waals surface area contributed by atoms with E-state index in [2.05, 4.69) is 27.8 Å². The van der Waals surface area contributed by atoms with Gasteiger partial charge < -0.3 is 5.73 Å². The number of nitrogens with zero attached hydrogens (tertiary/aromatic N) is 1. The van der Waals surface area contributed by atoms with Gasteiger partial charge in [-0.25, -0.2) is 4.39 Å². The van der Waals surface area contributed by atoms with Crippen LogP contribution in [0.25, 0.3) is 0 Å². The summed E-state index contributed by atoms with van der Waals surface area (Å²) in [6.45, 7) is 4.25. The Balaban J connectivity index is 2.26. The maximum Gasteiger partial charge on any atom is 0.137 e. The first-order valence-corrected chi connectivity index (χ1v) is 6.87. The minimum atomic E-state index is -0.220. The third-order valence-corrected chi connectivity index (χ3v) is 3.95. The Morgan fingerprint density at radius 1 is 1.53 bits per heavy atom. The standard InChI is InChI=1S/C13H18BrFN2/c1-2-6-17-7-5-12(16)13(17)9-3-4-11(15)10(14)8-9/h3-4,8,12-13H,2,5-7,16H2,1H3/t12-,13+/m0/s1. The predicted octanol–water partition coefficient (Wildman–Crippen LogP) is 3.07. The van der Waals surface area contributed by atoms with Gasteiger partial charge in [0.2, 0.25) is 0 Å². The van der Waals surface area contributed by atoms with Gasteiger partial charge in [0.25, 0.3) is 0 Å². The number of likely N-dealkylation sites (tertiary alicyclic amines) is 1. The zero-order chi connectivity index (χ0) is 12.4. The van der Waals surface area contributed by atoms with Crippen molar-refractivity contribution in [1.29, 1.82) is 0 Å². The highest BCUT2D eigenvalue weighted by atomic mass is 79.9. The van der Waals surface area contributed by atoms with E-state index >= 15 is 0 Å². The molecule has 2 nitrogen and oxygen atoms in total. The van der Waals surface area contributed by atoms with Gasteiger partial charge in [-0.05, 0) is 53.0 Å². The molecule has 0 amide bonds. The lowest BCUT2D eigenvalue weighted by molar-refractivity contribution is 0.248. The zero-order valence-electron chi connectivity index (χ0n) is 10.00. The largest absolute Gasteiger partial charge is 0.326 e. The first-order chi connectivity index (χ1) is 8.13. The van der Waals surface area contributed by atoms with E-state index < -0.39 is 0 Å². The van der Waals surface area contributed by atoms with Gasteiger partial charge in [0.15, 0.2) is 0 Å². The quantitative estimate of drug-likeness (QED) is 0.929. The van der Waals surface area contributed by atoms with Crippen molar-refractivity contribution in [3.8, 4) is 0 Å². The van der Waals surface area contributed by atoms with Crippen LogP contribution in [0.15, 0.2) is 22.7 Å². The molecular weight excluding hydrogens is 283 g/mol. The van der Waals surface area contributed by atoms with Crippen LogP contribution in [0.3, 0.4) is 0 Å². The molecule has 0 saturated carbocycles. The molecule has 1 aromatic rings. The molecular formula is C13H18BrFN2. The fraction of sp³-hybridized carbons (Fsp3) is 0.538. The molecule has 17 heavy (non-hydrogen) atoms. The summed E-state index contributed by atoms with van der Waals surface area (Å²) in [6.07, 6.45) is 2.13. The van der Waals surface area contributed by atoms with Crippen molar-refractivity contribution in [2.75, 3.05) is 13.1 Å². The molecule has 0 radical (unpaired) electrons. The molecule has 0 aromatic heterocycles. The smallest absolute Gasteiger partial charge is 0.137 e. The fourth-order valence-corrected chi connectivity index (χ4v) is 2.97. The highest BCUT2D eigenvalue weighted by Crippen LogP contribution is 2.33. The van der Waals surface area contributed by atoms with Gasteiger partial charge in [0.1, 0.15) is 5.82 Å². The third-order valence-electron chi connectivity index (χ3n) is 3.34. The summed E-state index contributed by atoms with van der Waals surface area (Å²) in [4.78, 5) is 2.39. The Bertz CT molecular complexity index is 395. The average molecular weight is 301 g/mol. The molecule has 1 aliphatic heterocycles. The molecule has 1 heterocycles. The number of nitrogens with two attached hydrogens (primary N) is 1. The molecule has 2 N–H and O–H groups in total. The van der Waals surface area contributed by atoms with Gasteiger partial charge in [-0.15, -0.1) is 0 Å². The van der Waals surface area contributed by atoms with Crippen molar-refractivity contribution in [2.45, 2.75) is 31.8 Å². The van der Waals surface area contributed by atoms with E-state index in [1.165, 1.54) is 6.07 Å². The van der Waals surface area contributed by atoms with Gasteiger partial charge in [0.05, 0.1) is 4.47 Å². The molecule has 0 aliphatic carbocycles. The Labute approximate surface area is 110 Å². The first-order valence-electron chi connectivity index (χ1n) is 6.08. The first kappa shape index (κ1) is 13.0. The van der Waals surface area contributed by atoms with Crippen LogP contribution >= 0.6 is 15.9 Å². The van der Waals surface area contributed by atoms with Crippen molar-refractivity contribution >= 4 is 15.9 Å². The molecule has 2 atom stereocenters. The van der Waals surface area contributed by atoms with Crippen molar-refractivity contribution in [3.05, 3.63) is 34.1 Å². The highest BCUT2D eigenvalue weighted by Gasteiger charge is 2.32. The molecule has 1 aromatic carbocycles. The zero-order valence-corrected chi connectivity index (χ0v) is 11.6. The topological polar surface area (TPSA) is 29.3 Å². The summed E-state index contributed by atoms with van der Waals surface area (Å²) in [7, 11) is 0. The number of rotatable bonds is 3. The summed E-state index contributed by atoms with van der Waals surface area (Å²) in [5.41, 5.74) is 7.28. The lowest BCUT2D eigenvalue weighted by atomic mass is 10.0. The molecule has 2 rings (SSSR count). The van der Waals surface area contributed by atoms with Crippen LogP contribution in [0.2, 0.25) is 0 Å². The second-order valence-electron chi connectivity index (χ2n) is 4.61. The van der Waals surface area contributed by atoms with E-state index in [9.17, 15) is 4.39 Å². The third kappa shape index (κ3) is 2.69. The maximum atomic E-state index is 13.2. The lowest BCUT2D eigenvalue weighted by Gasteiger charge is -2.27. The molecule has 0 bridgehead atoms. The van der Waals surface area contributed by atoms with Gasteiger partial charge in [-0.1, -0.05) is 13.0 Å². The Morgan fingerprint density at radius 3 is 2.94 bits per heavy atom. The average Bonchev–Trinajstić information content (AvgIpc) is 2.65. The van der Waals surface area contributed by atoms with Crippen LogP contribution in [-0.4, -0.2) is 24.0 Å². The maximum absolute atomic E-state index is 13.2. The molecule has 1 fully saturated rings. The van der Waals surface area contributed by atoms with Crippen molar-refractivity contribution in [3.63, 3.8) is 0 Å². The summed E-state index contributed by atoms with van der Waals surface area (Å²) in [5, 5.41) is 0. The number of halogens is 2. The Morgan fingerprint density at radius 2 is 2.29 bits per heavy atom. The second-order valence-corrected chi connectivity index (χ2v) is 5.46. The Hall–Kier alpha value is -0.450. The molecule has 1 saturated heterocycles.